The third kappa shape index (κ3) is 3.85. The summed E-state index contributed by atoms with van der Waals surface area (Å²) >= 11 is 3.40. The molecule has 0 fully saturated rings. The van der Waals surface area contributed by atoms with Crippen molar-refractivity contribution in [3.63, 3.8) is 0 Å². The predicted octanol–water partition coefficient (Wildman–Crippen LogP) is 4.53. The van der Waals surface area contributed by atoms with E-state index in [1.54, 1.807) is 30.9 Å². The third-order valence-electron chi connectivity index (χ3n) is 4.35. The summed E-state index contributed by atoms with van der Waals surface area (Å²) in [7, 11) is 0. The van der Waals surface area contributed by atoms with Crippen molar-refractivity contribution in [2.45, 2.75) is 33.4 Å². The Morgan fingerprint density at radius 2 is 1.89 bits per heavy atom. The standard InChI is InChI=1S/C22H19BrN2O3/c1-13(2)28-22(27)18(11-24)20-17-10-16(23)8-9-19(17)25(21(20)26)12-15-6-4-14(3)5-7-15/h4-10,13H,12H2,1-3H3/b20-18+. The zero-order chi connectivity index (χ0) is 20.4. The Labute approximate surface area is 172 Å². The van der Waals surface area contributed by atoms with E-state index >= 15 is 0 Å². The minimum atomic E-state index is -0.788. The van der Waals surface area contributed by atoms with E-state index in [1.165, 1.54) is 0 Å². The zero-order valence-corrected chi connectivity index (χ0v) is 17.4. The SMILES string of the molecule is Cc1ccc(CN2C(=O)/C(=C(\C#N)C(=O)OC(C)C)c3cc(Br)ccc32)cc1. The van der Waals surface area contributed by atoms with Gasteiger partial charge in [-0.1, -0.05) is 45.8 Å². The number of anilines is 1. The molecule has 0 bridgehead atoms. The summed E-state index contributed by atoms with van der Waals surface area (Å²) in [6, 6.07) is 15.1. The first-order valence-corrected chi connectivity index (χ1v) is 9.63. The maximum atomic E-state index is 13.2. The molecule has 1 heterocycles. The summed E-state index contributed by atoms with van der Waals surface area (Å²) in [6.45, 7) is 5.73. The van der Waals surface area contributed by atoms with Crippen molar-refractivity contribution in [2.24, 2.45) is 0 Å². The number of nitriles is 1. The summed E-state index contributed by atoms with van der Waals surface area (Å²) in [5.41, 5.74) is 3.10. The van der Waals surface area contributed by atoms with E-state index in [0.717, 1.165) is 15.6 Å². The van der Waals surface area contributed by atoms with Crippen LogP contribution in [0.15, 0.2) is 52.5 Å². The quantitative estimate of drug-likeness (QED) is 0.399. The van der Waals surface area contributed by atoms with Gasteiger partial charge in [-0.3, -0.25) is 4.79 Å². The van der Waals surface area contributed by atoms with Gasteiger partial charge in [0.05, 0.1) is 23.9 Å². The second kappa shape index (κ2) is 7.99. The Hall–Kier alpha value is -2.91. The molecule has 0 aliphatic carbocycles. The number of nitrogens with zero attached hydrogens (tertiary/aromatic N) is 2. The molecule has 0 saturated heterocycles. The van der Waals surface area contributed by atoms with Crippen LogP contribution in [-0.2, 0) is 20.9 Å². The lowest BCUT2D eigenvalue weighted by Gasteiger charge is -2.17. The molecule has 0 atom stereocenters. The molecule has 142 valence electrons. The van der Waals surface area contributed by atoms with Gasteiger partial charge >= 0.3 is 5.97 Å². The minimum Gasteiger partial charge on any atom is -0.459 e. The average molecular weight is 439 g/mol. The molecule has 28 heavy (non-hydrogen) atoms. The van der Waals surface area contributed by atoms with Crippen molar-refractivity contribution < 1.29 is 14.3 Å². The minimum absolute atomic E-state index is 0.0801. The molecule has 2 aromatic rings. The van der Waals surface area contributed by atoms with E-state index in [9.17, 15) is 14.9 Å². The van der Waals surface area contributed by atoms with Crippen LogP contribution in [0.5, 0.6) is 0 Å². The Balaban J connectivity index is 2.10. The molecule has 0 radical (unpaired) electrons. The topological polar surface area (TPSA) is 70.4 Å². The highest BCUT2D eigenvalue weighted by molar-refractivity contribution is 9.10. The van der Waals surface area contributed by atoms with Gasteiger partial charge in [0.15, 0.2) is 5.57 Å². The zero-order valence-electron chi connectivity index (χ0n) is 15.8. The number of fused-ring (bicyclic) bond motifs is 1. The van der Waals surface area contributed by atoms with Crippen LogP contribution < -0.4 is 4.90 Å². The van der Waals surface area contributed by atoms with Crippen molar-refractivity contribution in [2.75, 3.05) is 4.90 Å². The van der Waals surface area contributed by atoms with Gasteiger partial charge < -0.3 is 9.64 Å². The van der Waals surface area contributed by atoms with Gasteiger partial charge in [0.2, 0.25) is 0 Å². The first-order chi connectivity index (χ1) is 13.3. The summed E-state index contributed by atoms with van der Waals surface area (Å²) < 4.78 is 5.93. The van der Waals surface area contributed by atoms with Crippen LogP contribution in [0.2, 0.25) is 0 Å². The monoisotopic (exact) mass is 438 g/mol. The Bertz CT molecular complexity index is 1020. The highest BCUT2D eigenvalue weighted by atomic mass is 79.9. The van der Waals surface area contributed by atoms with E-state index < -0.39 is 12.1 Å². The lowest BCUT2D eigenvalue weighted by molar-refractivity contribution is -0.142. The predicted molar refractivity (Wildman–Crippen MR) is 110 cm³/mol. The van der Waals surface area contributed by atoms with Crippen LogP contribution in [-0.4, -0.2) is 18.0 Å². The van der Waals surface area contributed by atoms with Gasteiger partial charge in [0.25, 0.3) is 5.91 Å². The van der Waals surface area contributed by atoms with Crippen molar-refractivity contribution in [1.82, 2.24) is 0 Å². The lowest BCUT2D eigenvalue weighted by atomic mass is 10.0. The number of benzene rings is 2. The maximum absolute atomic E-state index is 13.2. The number of hydrogen-bond donors (Lipinski definition) is 0. The smallest absolute Gasteiger partial charge is 0.349 e. The van der Waals surface area contributed by atoms with Gasteiger partial charge in [-0.05, 0) is 44.5 Å². The Kier molecular flexibility index (Phi) is 5.66. The van der Waals surface area contributed by atoms with Crippen molar-refractivity contribution in [3.05, 3.63) is 69.2 Å². The number of esters is 1. The van der Waals surface area contributed by atoms with Gasteiger partial charge in [0.1, 0.15) is 6.07 Å². The van der Waals surface area contributed by atoms with Crippen molar-refractivity contribution >= 4 is 39.1 Å². The summed E-state index contributed by atoms with van der Waals surface area (Å²) in [6.07, 6.45) is -0.390. The van der Waals surface area contributed by atoms with E-state index in [-0.39, 0.29) is 17.1 Å². The number of halogens is 1. The summed E-state index contributed by atoms with van der Waals surface area (Å²) in [4.78, 5) is 27.2. The number of carbonyl (C=O) groups is 2. The molecular formula is C22H19BrN2O3. The number of aryl methyl sites for hydroxylation is 1. The fourth-order valence-electron chi connectivity index (χ4n) is 3.05. The van der Waals surface area contributed by atoms with E-state index in [0.29, 0.717) is 17.8 Å². The molecule has 2 aromatic carbocycles. The first kappa shape index (κ1) is 19.8. The fourth-order valence-corrected chi connectivity index (χ4v) is 3.42. The molecule has 0 aromatic heterocycles. The van der Waals surface area contributed by atoms with Crippen LogP contribution >= 0.6 is 15.9 Å². The number of carbonyl (C=O) groups excluding carboxylic acids is 2. The van der Waals surface area contributed by atoms with Crippen LogP contribution in [0.1, 0.15) is 30.5 Å². The molecule has 3 rings (SSSR count). The molecule has 1 aliphatic rings. The number of rotatable bonds is 4. The first-order valence-electron chi connectivity index (χ1n) is 8.84. The molecule has 0 spiro atoms. The molecule has 1 amide bonds. The molecule has 0 unspecified atom stereocenters. The maximum Gasteiger partial charge on any atom is 0.349 e. The second-order valence-corrected chi connectivity index (χ2v) is 7.77. The highest BCUT2D eigenvalue weighted by Crippen LogP contribution is 2.41. The summed E-state index contributed by atoms with van der Waals surface area (Å²) in [5, 5.41) is 9.60. The number of amides is 1. The largest absolute Gasteiger partial charge is 0.459 e. The van der Waals surface area contributed by atoms with Gasteiger partial charge in [-0.2, -0.15) is 5.26 Å². The average Bonchev–Trinajstić information content (AvgIpc) is 2.89. The number of ether oxygens (including phenoxy) is 1. The van der Waals surface area contributed by atoms with Crippen LogP contribution in [0.3, 0.4) is 0 Å². The van der Waals surface area contributed by atoms with E-state index in [2.05, 4.69) is 15.9 Å². The Morgan fingerprint density at radius 1 is 1.21 bits per heavy atom. The normalized spacial score (nSPS) is 14.7. The van der Waals surface area contributed by atoms with Crippen molar-refractivity contribution in [3.8, 4) is 6.07 Å². The summed E-state index contributed by atoms with van der Waals surface area (Å²) in [5.74, 6) is -1.17. The van der Waals surface area contributed by atoms with Crippen LogP contribution in [0, 0.1) is 18.3 Å². The molecule has 6 heteroatoms. The van der Waals surface area contributed by atoms with Crippen LogP contribution in [0.4, 0.5) is 5.69 Å². The van der Waals surface area contributed by atoms with E-state index in [1.807, 2.05) is 43.3 Å². The second-order valence-electron chi connectivity index (χ2n) is 6.85. The highest BCUT2D eigenvalue weighted by Gasteiger charge is 2.37. The molecule has 0 saturated carbocycles. The lowest BCUT2D eigenvalue weighted by Crippen LogP contribution is -2.27. The Morgan fingerprint density at radius 3 is 2.50 bits per heavy atom. The molecule has 5 nitrogen and oxygen atoms in total. The molecule has 0 N–H and O–H groups in total. The van der Waals surface area contributed by atoms with Crippen LogP contribution in [0.25, 0.3) is 5.57 Å². The molecular weight excluding hydrogens is 420 g/mol. The van der Waals surface area contributed by atoms with Gasteiger partial charge in [0, 0.05) is 10.0 Å². The molecule has 1 aliphatic heterocycles. The van der Waals surface area contributed by atoms with Gasteiger partial charge in [-0.25, -0.2) is 4.79 Å². The number of hydrogen-bond acceptors (Lipinski definition) is 4. The fraction of sp³-hybridized carbons (Fsp3) is 0.227. The van der Waals surface area contributed by atoms with Gasteiger partial charge in [-0.15, -0.1) is 0 Å². The van der Waals surface area contributed by atoms with E-state index in [4.69, 9.17) is 4.74 Å². The van der Waals surface area contributed by atoms with Crippen molar-refractivity contribution in [1.29, 1.82) is 5.26 Å². The third-order valence-corrected chi connectivity index (χ3v) is 4.84.